The lowest BCUT2D eigenvalue weighted by atomic mass is 10.0. The van der Waals surface area contributed by atoms with Crippen molar-refractivity contribution in [1.82, 2.24) is 19.4 Å². The maximum atomic E-state index is 14.8. The SMILES string of the molecule is CSc1nc(-c2cc(NC(=O)N3C=CC(Cl)=NC3)ccc2C)c2ccc(=O)n(-c3c(F)cccc3F)c2n1. The van der Waals surface area contributed by atoms with Crippen LogP contribution in [0.1, 0.15) is 5.56 Å². The first-order valence-corrected chi connectivity index (χ1v) is 12.9. The van der Waals surface area contributed by atoms with Gasteiger partial charge in [-0.25, -0.2) is 23.5 Å². The molecule has 5 rings (SSSR count). The molecule has 1 aliphatic heterocycles. The van der Waals surface area contributed by atoms with E-state index in [0.717, 1.165) is 22.3 Å². The number of benzene rings is 2. The molecule has 0 unspecified atom stereocenters. The standard InChI is InChI=1S/C26H19ClF2N6O2S/c1-14-6-7-15(31-26(37)34-11-10-20(27)30-13-34)12-17(14)22-16-8-9-21(36)35(24(16)33-25(32-22)38-2)23-18(28)4-3-5-19(23)29/h3-12H,13H2,1-2H3,(H,31,37). The molecule has 12 heteroatoms. The van der Waals surface area contributed by atoms with Crippen LogP contribution in [0, 0.1) is 18.6 Å². The summed E-state index contributed by atoms with van der Waals surface area (Å²) in [5.74, 6) is -1.80. The first-order chi connectivity index (χ1) is 18.3. The summed E-state index contributed by atoms with van der Waals surface area (Å²) >= 11 is 7.05. The Labute approximate surface area is 224 Å². The zero-order chi connectivity index (χ0) is 27.0. The quantitative estimate of drug-likeness (QED) is 0.258. The van der Waals surface area contributed by atoms with Crippen LogP contribution >= 0.6 is 23.4 Å². The number of aliphatic imine (C=N–C) groups is 1. The molecule has 8 nitrogen and oxygen atoms in total. The first kappa shape index (κ1) is 25.6. The van der Waals surface area contributed by atoms with Gasteiger partial charge in [-0.3, -0.25) is 19.3 Å². The van der Waals surface area contributed by atoms with E-state index in [1.807, 2.05) is 13.0 Å². The van der Waals surface area contributed by atoms with Gasteiger partial charge in [-0.05, 0) is 55.2 Å². The van der Waals surface area contributed by atoms with E-state index in [9.17, 15) is 18.4 Å². The van der Waals surface area contributed by atoms with Gasteiger partial charge in [0.1, 0.15) is 29.2 Å². The predicted molar refractivity (Wildman–Crippen MR) is 145 cm³/mol. The summed E-state index contributed by atoms with van der Waals surface area (Å²) in [6.45, 7) is 1.95. The number of aryl methyl sites for hydroxylation is 1. The highest BCUT2D eigenvalue weighted by atomic mass is 35.5. The second kappa shape index (κ2) is 10.3. The van der Waals surface area contributed by atoms with Crippen LogP contribution in [0.2, 0.25) is 0 Å². The van der Waals surface area contributed by atoms with E-state index >= 15 is 0 Å². The molecule has 0 aliphatic carbocycles. The number of pyridine rings is 1. The van der Waals surface area contributed by atoms with Crippen molar-refractivity contribution in [3.63, 3.8) is 0 Å². The van der Waals surface area contributed by atoms with Crippen LogP contribution in [0.4, 0.5) is 19.3 Å². The molecule has 0 atom stereocenters. The van der Waals surface area contributed by atoms with Crippen molar-refractivity contribution in [2.75, 3.05) is 18.2 Å². The Morgan fingerprint density at radius 1 is 1.11 bits per heavy atom. The zero-order valence-electron chi connectivity index (χ0n) is 20.1. The molecule has 2 aromatic heterocycles. The smallest absolute Gasteiger partial charge is 0.307 e. The third-order valence-corrected chi connectivity index (χ3v) is 6.64. The van der Waals surface area contributed by atoms with Crippen LogP contribution in [0.5, 0.6) is 0 Å². The number of aromatic nitrogens is 3. The molecular weight excluding hydrogens is 534 g/mol. The van der Waals surface area contributed by atoms with Gasteiger partial charge in [-0.2, -0.15) is 0 Å². The number of para-hydroxylation sites is 1. The number of carbonyl (C=O) groups excluding carboxylic acids is 1. The number of nitrogens with zero attached hydrogens (tertiary/aromatic N) is 5. The van der Waals surface area contributed by atoms with Crippen molar-refractivity contribution < 1.29 is 13.6 Å². The molecule has 0 radical (unpaired) electrons. The fourth-order valence-electron chi connectivity index (χ4n) is 3.99. The molecule has 1 aliphatic rings. The molecule has 192 valence electrons. The molecule has 0 bridgehead atoms. The van der Waals surface area contributed by atoms with Gasteiger partial charge in [0.05, 0.1) is 5.69 Å². The molecule has 1 N–H and O–H groups in total. The Morgan fingerprint density at radius 3 is 2.55 bits per heavy atom. The van der Waals surface area contributed by atoms with Crippen LogP contribution in [-0.4, -0.2) is 43.6 Å². The normalized spacial score (nSPS) is 13.1. The van der Waals surface area contributed by atoms with Gasteiger partial charge in [0.25, 0.3) is 5.56 Å². The monoisotopic (exact) mass is 552 g/mol. The Hall–Kier alpha value is -4.09. The molecule has 4 aromatic rings. The Kier molecular flexibility index (Phi) is 6.96. The predicted octanol–water partition coefficient (Wildman–Crippen LogP) is 5.71. The van der Waals surface area contributed by atoms with E-state index < -0.39 is 28.9 Å². The average molecular weight is 553 g/mol. The molecule has 0 saturated carbocycles. The van der Waals surface area contributed by atoms with Gasteiger partial charge >= 0.3 is 6.03 Å². The minimum absolute atomic E-state index is 0.0536. The van der Waals surface area contributed by atoms with Crippen LogP contribution in [0.3, 0.4) is 0 Å². The minimum atomic E-state index is -0.899. The number of carbonyl (C=O) groups is 1. The van der Waals surface area contributed by atoms with E-state index in [1.54, 1.807) is 18.4 Å². The number of anilines is 1. The molecular formula is C26H19ClF2N6O2S. The summed E-state index contributed by atoms with van der Waals surface area (Å²) in [5, 5.41) is 3.83. The largest absolute Gasteiger partial charge is 0.327 e. The van der Waals surface area contributed by atoms with Crippen molar-refractivity contribution in [3.8, 4) is 16.9 Å². The fraction of sp³-hybridized carbons (Fsp3) is 0.115. The number of allylic oxidation sites excluding steroid dienone is 1. The van der Waals surface area contributed by atoms with Crippen LogP contribution in [-0.2, 0) is 0 Å². The van der Waals surface area contributed by atoms with Crippen molar-refractivity contribution >= 4 is 51.3 Å². The number of amides is 2. The zero-order valence-corrected chi connectivity index (χ0v) is 21.6. The van der Waals surface area contributed by atoms with Crippen molar-refractivity contribution in [2.45, 2.75) is 12.1 Å². The molecule has 2 amide bonds. The summed E-state index contributed by atoms with van der Waals surface area (Å²) < 4.78 is 30.4. The summed E-state index contributed by atoms with van der Waals surface area (Å²) in [6.07, 6.45) is 4.80. The van der Waals surface area contributed by atoms with Gasteiger partial charge in [-0.15, -0.1) is 0 Å². The van der Waals surface area contributed by atoms with Gasteiger partial charge in [-0.1, -0.05) is 35.5 Å². The Bertz CT molecular complexity index is 1700. The number of halogens is 3. The molecule has 0 spiro atoms. The highest BCUT2D eigenvalue weighted by molar-refractivity contribution is 7.98. The topological polar surface area (TPSA) is 92.5 Å². The Balaban J connectivity index is 1.66. The summed E-state index contributed by atoms with van der Waals surface area (Å²) in [5.41, 5.74) is 1.27. The number of hydrogen-bond acceptors (Lipinski definition) is 6. The number of hydrogen-bond donors (Lipinski definition) is 1. The lowest BCUT2D eigenvalue weighted by Crippen LogP contribution is -2.32. The molecule has 0 saturated heterocycles. The third kappa shape index (κ3) is 4.77. The van der Waals surface area contributed by atoms with E-state index in [2.05, 4.69) is 20.3 Å². The Morgan fingerprint density at radius 2 is 1.87 bits per heavy atom. The van der Waals surface area contributed by atoms with Crippen LogP contribution < -0.4 is 10.9 Å². The summed E-state index contributed by atoms with van der Waals surface area (Å²) in [4.78, 5) is 40.1. The lowest BCUT2D eigenvalue weighted by molar-refractivity contribution is 0.229. The van der Waals surface area contributed by atoms with E-state index in [-0.39, 0.29) is 12.3 Å². The highest BCUT2D eigenvalue weighted by Gasteiger charge is 2.21. The first-order valence-electron chi connectivity index (χ1n) is 11.3. The highest BCUT2D eigenvalue weighted by Crippen LogP contribution is 2.33. The molecule has 2 aromatic carbocycles. The van der Waals surface area contributed by atoms with E-state index in [1.165, 1.54) is 47.1 Å². The number of nitrogens with one attached hydrogen (secondary N) is 1. The number of fused-ring (bicyclic) bond motifs is 1. The van der Waals surface area contributed by atoms with Gasteiger partial charge in [0, 0.05) is 28.9 Å². The van der Waals surface area contributed by atoms with Gasteiger partial charge < -0.3 is 5.32 Å². The molecule has 0 fully saturated rings. The van der Waals surface area contributed by atoms with Gasteiger partial charge in [0.2, 0.25) is 0 Å². The third-order valence-electron chi connectivity index (χ3n) is 5.84. The lowest BCUT2D eigenvalue weighted by Gasteiger charge is -2.20. The maximum absolute atomic E-state index is 14.8. The van der Waals surface area contributed by atoms with Crippen molar-refractivity contribution in [2.24, 2.45) is 4.99 Å². The van der Waals surface area contributed by atoms with E-state index in [4.69, 9.17) is 11.6 Å². The van der Waals surface area contributed by atoms with Gasteiger partial charge in [0.15, 0.2) is 10.8 Å². The molecule has 38 heavy (non-hydrogen) atoms. The average Bonchev–Trinajstić information content (AvgIpc) is 2.90. The minimum Gasteiger partial charge on any atom is -0.307 e. The maximum Gasteiger partial charge on any atom is 0.327 e. The number of thioether (sulfide) groups is 1. The second-order valence-electron chi connectivity index (χ2n) is 8.24. The van der Waals surface area contributed by atoms with Crippen LogP contribution in [0.15, 0.2) is 75.8 Å². The van der Waals surface area contributed by atoms with Crippen molar-refractivity contribution in [1.29, 1.82) is 0 Å². The van der Waals surface area contributed by atoms with E-state index in [0.29, 0.717) is 32.7 Å². The summed E-state index contributed by atoms with van der Waals surface area (Å²) in [6, 6.07) is 11.0. The van der Waals surface area contributed by atoms with Crippen molar-refractivity contribution in [3.05, 3.63) is 88.4 Å². The number of urea groups is 1. The number of rotatable bonds is 4. The fourth-order valence-corrected chi connectivity index (χ4v) is 4.46. The van der Waals surface area contributed by atoms with Crippen LogP contribution in [0.25, 0.3) is 28.0 Å². The summed E-state index contributed by atoms with van der Waals surface area (Å²) in [7, 11) is 0. The second-order valence-corrected chi connectivity index (χ2v) is 9.40. The molecule has 3 heterocycles.